The van der Waals surface area contributed by atoms with Crippen LogP contribution in [-0.2, 0) is 0 Å². The van der Waals surface area contributed by atoms with E-state index in [0.717, 1.165) is 18.5 Å². The van der Waals surface area contributed by atoms with Gasteiger partial charge in [-0.3, -0.25) is 4.98 Å². The van der Waals surface area contributed by atoms with Gasteiger partial charge in [-0.15, -0.1) is 0 Å². The molecule has 1 nitrogen and oxygen atoms in total. The minimum atomic E-state index is 0.563. The molecule has 1 heteroatoms. The summed E-state index contributed by atoms with van der Waals surface area (Å²) in [4.78, 5) is 4.52. The number of aromatic nitrogens is 1. The maximum atomic E-state index is 4.52. The number of hydrogen-bond acceptors (Lipinski definition) is 1. The summed E-state index contributed by atoms with van der Waals surface area (Å²) in [6, 6.07) is 6.17. The first kappa shape index (κ1) is 13.8. The highest BCUT2D eigenvalue weighted by molar-refractivity contribution is 5.68. The molecule has 1 aromatic heterocycles. The summed E-state index contributed by atoms with van der Waals surface area (Å²) in [5.74, 6) is 1.17. The molecule has 2 unspecified atom stereocenters. The van der Waals surface area contributed by atoms with Gasteiger partial charge in [0.25, 0.3) is 0 Å². The summed E-state index contributed by atoms with van der Waals surface area (Å²) in [6.45, 7) is 4.47. The first-order chi connectivity index (χ1) is 9.36. The van der Waals surface area contributed by atoms with Gasteiger partial charge in [-0.2, -0.15) is 0 Å². The van der Waals surface area contributed by atoms with E-state index in [1.165, 1.54) is 12.0 Å². The van der Waals surface area contributed by atoms with Crippen molar-refractivity contribution in [2.45, 2.75) is 33.1 Å². The lowest BCUT2D eigenvalue weighted by atomic mass is 9.78. The Balaban J connectivity index is 2.26. The van der Waals surface area contributed by atoms with Gasteiger partial charge < -0.3 is 0 Å². The van der Waals surface area contributed by atoms with Gasteiger partial charge in [0.2, 0.25) is 0 Å². The van der Waals surface area contributed by atoms with Crippen LogP contribution in [0, 0.1) is 11.8 Å². The van der Waals surface area contributed by atoms with Crippen molar-refractivity contribution in [2.75, 3.05) is 0 Å². The second-order valence-corrected chi connectivity index (χ2v) is 5.02. The zero-order valence-electron chi connectivity index (χ0n) is 11.9. The number of rotatable bonds is 5. The third kappa shape index (κ3) is 3.44. The summed E-state index contributed by atoms with van der Waals surface area (Å²) in [7, 11) is 0. The Morgan fingerprint density at radius 3 is 2.95 bits per heavy atom. The van der Waals surface area contributed by atoms with Crippen LogP contribution in [0.1, 0.15) is 38.8 Å². The number of allylic oxidation sites excluding steroid dienone is 6. The standard InChI is InChI=1S/C18H23N/c1-3-5-10-15(4-2)16-11-6-7-12-17(16)18-13-8-9-14-19-18/h5-10,12-16H,3-4,11H2,1-2H3. The highest BCUT2D eigenvalue weighted by atomic mass is 14.7. The molecule has 1 aliphatic rings. The first-order valence-corrected chi connectivity index (χ1v) is 7.31. The quantitative estimate of drug-likeness (QED) is 0.670. The highest BCUT2D eigenvalue weighted by Crippen LogP contribution is 2.36. The van der Waals surface area contributed by atoms with Crippen LogP contribution in [-0.4, -0.2) is 4.98 Å². The molecule has 2 atom stereocenters. The van der Waals surface area contributed by atoms with Crippen molar-refractivity contribution in [2.24, 2.45) is 11.8 Å². The lowest BCUT2D eigenvalue weighted by Gasteiger charge is -2.27. The van der Waals surface area contributed by atoms with Gasteiger partial charge in [0, 0.05) is 6.20 Å². The molecule has 1 heterocycles. The fraction of sp³-hybridized carbons (Fsp3) is 0.389. The summed E-state index contributed by atoms with van der Waals surface area (Å²) < 4.78 is 0. The predicted octanol–water partition coefficient (Wildman–Crippen LogP) is 5.03. The van der Waals surface area contributed by atoms with E-state index in [1.807, 2.05) is 12.3 Å². The maximum Gasteiger partial charge on any atom is 0.0664 e. The fourth-order valence-corrected chi connectivity index (χ4v) is 2.73. The summed E-state index contributed by atoms with van der Waals surface area (Å²) in [5.41, 5.74) is 2.51. The fourth-order valence-electron chi connectivity index (χ4n) is 2.73. The van der Waals surface area contributed by atoms with E-state index < -0.39 is 0 Å². The molecular weight excluding hydrogens is 230 g/mol. The maximum absolute atomic E-state index is 4.52. The van der Waals surface area contributed by atoms with Crippen LogP contribution in [0.5, 0.6) is 0 Å². The molecule has 0 radical (unpaired) electrons. The van der Waals surface area contributed by atoms with Crippen LogP contribution in [0.2, 0.25) is 0 Å². The molecule has 0 spiro atoms. The molecule has 0 bridgehead atoms. The second-order valence-electron chi connectivity index (χ2n) is 5.02. The van der Waals surface area contributed by atoms with Crippen molar-refractivity contribution >= 4 is 5.57 Å². The molecule has 0 saturated heterocycles. The van der Waals surface area contributed by atoms with Crippen LogP contribution < -0.4 is 0 Å². The molecule has 0 aliphatic heterocycles. The van der Waals surface area contributed by atoms with E-state index in [1.54, 1.807) is 0 Å². The molecule has 0 aromatic carbocycles. The third-order valence-corrected chi connectivity index (χ3v) is 3.77. The average molecular weight is 253 g/mol. The van der Waals surface area contributed by atoms with E-state index >= 15 is 0 Å². The largest absolute Gasteiger partial charge is 0.257 e. The lowest BCUT2D eigenvalue weighted by molar-refractivity contribution is 0.474. The number of hydrogen-bond donors (Lipinski definition) is 0. The lowest BCUT2D eigenvalue weighted by Crippen LogP contribution is -2.16. The van der Waals surface area contributed by atoms with Crippen molar-refractivity contribution in [3.8, 4) is 0 Å². The Hall–Kier alpha value is -1.63. The summed E-state index contributed by atoms with van der Waals surface area (Å²) in [6.07, 6.45) is 16.7. The zero-order chi connectivity index (χ0) is 13.5. The minimum Gasteiger partial charge on any atom is -0.257 e. The van der Waals surface area contributed by atoms with Gasteiger partial charge in [-0.1, -0.05) is 50.3 Å². The van der Waals surface area contributed by atoms with Gasteiger partial charge in [-0.05, 0) is 48.8 Å². The van der Waals surface area contributed by atoms with Crippen LogP contribution in [0.25, 0.3) is 5.57 Å². The topological polar surface area (TPSA) is 12.9 Å². The predicted molar refractivity (Wildman–Crippen MR) is 82.7 cm³/mol. The first-order valence-electron chi connectivity index (χ1n) is 7.31. The smallest absolute Gasteiger partial charge is 0.0664 e. The van der Waals surface area contributed by atoms with Gasteiger partial charge in [0.1, 0.15) is 0 Å². The molecule has 0 fully saturated rings. The zero-order valence-corrected chi connectivity index (χ0v) is 11.9. The van der Waals surface area contributed by atoms with Gasteiger partial charge in [0.15, 0.2) is 0 Å². The van der Waals surface area contributed by atoms with E-state index in [0.29, 0.717) is 11.8 Å². The average Bonchev–Trinajstić information content (AvgIpc) is 2.49. The van der Waals surface area contributed by atoms with Gasteiger partial charge >= 0.3 is 0 Å². The van der Waals surface area contributed by atoms with Crippen molar-refractivity contribution in [1.29, 1.82) is 0 Å². The van der Waals surface area contributed by atoms with Crippen molar-refractivity contribution in [3.63, 3.8) is 0 Å². The van der Waals surface area contributed by atoms with E-state index in [4.69, 9.17) is 0 Å². The molecule has 100 valence electrons. The molecule has 0 saturated carbocycles. The molecule has 0 amide bonds. The van der Waals surface area contributed by atoms with Gasteiger partial charge in [0.05, 0.1) is 5.69 Å². The van der Waals surface area contributed by atoms with E-state index in [9.17, 15) is 0 Å². The van der Waals surface area contributed by atoms with Crippen molar-refractivity contribution in [1.82, 2.24) is 4.98 Å². The number of nitrogens with zero attached hydrogens (tertiary/aromatic N) is 1. The Bertz CT molecular complexity index is 468. The Morgan fingerprint density at radius 1 is 1.37 bits per heavy atom. The molecule has 19 heavy (non-hydrogen) atoms. The SMILES string of the molecule is CCC=CC(CC)C1CC=CC=C1c1ccccn1. The van der Waals surface area contributed by atoms with Crippen LogP contribution in [0.4, 0.5) is 0 Å². The second kappa shape index (κ2) is 7.08. The minimum absolute atomic E-state index is 0.563. The molecule has 0 N–H and O–H groups in total. The molecule has 1 aromatic rings. The van der Waals surface area contributed by atoms with E-state index in [2.05, 4.69) is 61.3 Å². The Labute approximate surface area is 116 Å². The Morgan fingerprint density at radius 2 is 2.26 bits per heavy atom. The molecule has 1 aliphatic carbocycles. The van der Waals surface area contributed by atoms with Crippen LogP contribution in [0.3, 0.4) is 0 Å². The monoisotopic (exact) mass is 253 g/mol. The van der Waals surface area contributed by atoms with Crippen LogP contribution >= 0.6 is 0 Å². The van der Waals surface area contributed by atoms with Gasteiger partial charge in [-0.25, -0.2) is 0 Å². The molecular formula is C18H23N. The third-order valence-electron chi connectivity index (χ3n) is 3.77. The van der Waals surface area contributed by atoms with Crippen LogP contribution in [0.15, 0.2) is 54.8 Å². The normalized spacial score (nSPS) is 20.5. The van der Waals surface area contributed by atoms with E-state index in [-0.39, 0.29) is 0 Å². The Kier molecular flexibility index (Phi) is 5.14. The van der Waals surface area contributed by atoms with Crippen molar-refractivity contribution in [3.05, 3.63) is 60.5 Å². The molecule has 2 rings (SSSR count). The summed E-state index contributed by atoms with van der Waals surface area (Å²) in [5, 5.41) is 0. The number of pyridine rings is 1. The summed E-state index contributed by atoms with van der Waals surface area (Å²) >= 11 is 0. The van der Waals surface area contributed by atoms with Crippen molar-refractivity contribution < 1.29 is 0 Å². The highest BCUT2D eigenvalue weighted by Gasteiger charge is 2.23.